The number of amides is 1. The quantitative estimate of drug-likeness (QED) is 0.685. The van der Waals surface area contributed by atoms with Gasteiger partial charge in [-0.3, -0.25) is 14.4 Å². The highest BCUT2D eigenvalue weighted by molar-refractivity contribution is 8.00. The second kappa shape index (κ2) is 8.77. The van der Waals surface area contributed by atoms with Crippen LogP contribution in [0.4, 0.5) is 9.39 Å². The van der Waals surface area contributed by atoms with Crippen LogP contribution in [0.1, 0.15) is 27.7 Å². The predicted octanol–water partition coefficient (Wildman–Crippen LogP) is 3.44. The van der Waals surface area contributed by atoms with Gasteiger partial charge in [-0.25, -0.2) is 4.39 Å². The lowest BCUT2D eigenvalue weighted by Crippen LogP contribution is -2.16. The third-order valence-electron chi connectivity index (χ3n) is 3.19. The van der Waals surface area contributed by atoms with E-state index >= 15 is 0 Å². The number of carbonyl (C=O) groups is 3. The summed E-state index contributed by atoms with van der Waals surface area (Å²) in [7, 11) is 0. The van der Waals surface area contributed by atoms with E-state index < -0.39 is 11.8 Å². The molecule has 2 rings (SSSR count). The van der Waals surface area contributed by atoms with Gasteiger partial charge in [-0.05, 0) is 36.8 Å². The highest BCUT2D eigenvalue weighted by Gasteiger charge is 2.19. The molecule has 0 aliphatic heterocycles. The molecule has 0 aliphatic rings. The van der Waals surface area contributed by atoms with Gasteiger partial charge in [0.2, 0.25) is 5.91 Å². The Hall–Kier alpha value is -2.19. The van der Waals surface area contributed by atoms with Gasteiger partial charge in [-0.2, -0.15) is 0 Å². The number of hydrogen-bond acceptors (Lipinski definition) is 5. The van der Waals surface area contributed by atoms with Crippen molar-refractivity contribution in [2.45, 2.75) is 13.3 Å². The first-order valence-corrected chi connectivity index (χ1v) is 9.40. The van der Waals surface area contributed by atoms with Crippen LogP contribution in [0.2, 0.25) is 0 Å². The molecule has 0 unspecified atom stereocenters. The molecule has 0 aliphatic carbocycles. The molecule has 0 saturated heterocycles. The standard InChI is InChI=1S/C17H16FNO4S2/c1-2-12-7-13(16(23)10-3-5-11(18)6-4-10)17(25-12)19-14(20)8-24-9-15(21)22/h3-7H,2,8-9H2,1H3,(H,19,20)(H,21,22). The molecule has 0 atom stereocenters. The molecule has 132 valence electrons. The molecule has 2 aromatic rings. The fraction of sp³-hybridized carbons (Fsp3) is 0.235. The summed E-state index contributed by atoms with van der Waals surface area (Å²) in [5.74, 6) is -2.28. The first-order chi connectivity index (χ1) is 11.9. The van der Waals surface area contributed by atoms with Crippen molar-refractivity contribution in [3.05, 3.63) is 52.2 Å². The number of carboxylic acid groups (broad SMARTS) is 1. The Balaban J connectivity index is 2.16. The molecule has 0 radical (unpaired) electrons. The van der Waals surface area contributed by atoms with E-state index in [1.165, 1.54) is 35.6 Å². The Morgan fingerprint density at radius 2 is 1.88 bits per heavy atom. The smallest absolute Gasteiger partial charge is 0.313 e. The highest BCUT2D eigenvalue weighted by Crippen LogP contribution is 2.30. The lowest BCUT2D eigenvalue weighted by Gasteiger charge is -2.06. The number of carboxylic acids is 1. The fourth-order valence-electron chi connectivity index (χ4n) is 2.03. The molecule has 0 fully saturated rings. The zero-order valence-corrected chi connectivity index (χ0v) is 15.0. The first kappa shape index (κ1) is 19.1. The van der Waals surface area contributed by atoms with E-state index in [1.807, 2.05) is 6.92 Å². The van der Waals surface area contributed by atoms with Gasteiger partial charge in [0.15, 0.2) is 5.78 Å². The van der Waals surface area contributed by atoms with Gasteiger partial charge in [0.05, 0.1) is 17.1 Å². The first-order valence-electron chi connectivity index (χ1n) is 7.43. The minimum absolute atomic E-state index is 0.0180. The van der Waals surface area contributed by atoms with E-state index in [4.69, 9.17) is 5.11 Å². The van der Waals surface area contributed by atoms with Crippen molar-refractivity contribution in [2.24, 2.45) is 0 Å². The second-order valence-electron chi connectivity index (χ2n) is 5.08. The maximum Gasteiger partial charge on any atom is 0.313 e. The van der Waals surface area contributed by atoms with Gasteiger partial charge >= 0.3 is 5.97 Å². The molecule has 0 spiro atoms. The summed E-state index contributed by atoms with van der Waals surface area (Å²) in [6.07, 6.45) is 0.706. The average molecular weight is 381 g/mol. The van der Waals surface area contributed by atoms with E-state index in [0.717, 1.165) is 16.6 Å². The third kappa shape index (κ3) is 5.40. The van der Waals surface area contributed by atoms with Crippen LogP contribution < -0.4 is 5.32 Å². The van der Waals surface area contributed by atoms with Crippen molar-refractivity contribution in [1.29, 1.82) is 0 Å². The number of aryl methyl sites for hydroxylation is 1. The van der Waals surface area contributed by atoms with Crippen LogP contribution in [0, 0.1) is 5.82 Å². The van der Waals surface area contributed by atoms with Crippen LogP contribution in [0.25, 0.3) is 0 Å². The van der Waals surface area contributed by atoms with E-state index in [2.05, 4.69) is 5.32 Å². The Bertz CT molecular complexity index is 786. The monoisotopic (exact) mass is 381 g/mol. The number of thiophene rings is 1. The summed E-state index contributed by atoms with van der Waals surface area (Å²) in [4.78, 5) is 36.0. The predicted molar refractivity (Wildman–Crippen MR) is 97.1 cm³/mol. The van der Waals surface area contributed by atoms with Crippen LogP contribution >= 0.6 is 23.1 Å². The number of aliphatic carboxylic acids is 1. The Labute approximate surface area is 152 Å². The van der Waals surface area contributed by atoms with E-state index in [0.29, 0.717) is 22.5 Å². The van der Waals surface area contributed by atoms with E-state index in [1.54, 1.807) is 6.07 Å². The molecule has 0 bridgehead atoms. The number of benzene rings is 1. The molecule has 1 amide bonds. The van der Waals surface area contributed by atoms with Gasteiger partial charge in [-0.1, -0.05) is 6.92 Å². The molecule has 1 aromatic heterocycles. The summed E-state index contributed by atoms with van der Waals surface area (Å²) < 4.78 is 13.0. The Morgan fingerprint density at radius 1 is 1.20 bits per heavy atom. The molecule has 2 N–H and O–H groups in total. The fourth-order valence-corrected chi connectivity index (χ4v) is 3.57. The molecule has 1 heterocycles. The van der Waals surface area contributed by atoms with Crippen molar-refractivity contribution in [2.75, 3.05) is 16.8 Å². The summed E-state index contributed by atoms with van der Waals surface area (Å²) in [6.45, 7) is 1.94. The summed E-state index contributed by atoms with van der Waals surface area (Å²) >= 11 is 2.28. The Morgan fingerprint density at radius 3 is 2.48 bits per heavy atom. The van der Waals surface area contributed by atoms with Crippen molar-refractivity contribution in [1.82, 2.24) is 0 Å². The van der Waals surface area contributed by atoms with Gasteiger partial charge in [0, 0.05) is 10.4 Å². The SMILES string of the molecule is CCc1cc(C(=O)c2ccc(F)cc2)c(NC(=O)CSCC(=O)O)s1. The lowest BCUT2D eigenvalue weighted by molar-refractivity contribution is -0.133. The van der Waals surface area contributed by atoms with Crippen LogP contribution in [0.15, 0.2) is 30.3 Å². The molecular weight excluding hydrogens is 365 g/mol. The summed E-state index contributed by atoms with van der Waals surface area (Å²) in [5, 5.41) is 11.7. The number of nitrogens with one attached hydrogen (secondary N) is 1. The molecule has 1 aromatic carbocycles. The number of rotatable bonds is 8. The Kier molecular flexibility index (Phi) is 6.72. The van der Waals surface area contributed by atoms with Crippen molar-refractivity contribution in [3.63, 3.8) is 0 Å². The average Bonchev–Trinajstić information content (AvgIpc) is 2.97. The molecule has 25 heavy (non-hydrogen) atoms. The second-order valence-corrected chi connectivity index (χ2v) is 7.20. The van der Waals surface area contributed by atoms with Crippen LogP contribution in [-0.4, -0.2) is 34.3 Å². The van der Waals surface area contributed by atoms with Gasteiger partial charge in [-0.15, -0.1) is 23.1 Å². The van der Waals surface area contributed by atoms with Gasteiger partial charge in [0.1, 0.15) is 10.8 Å². The van der Waals surface area contributed by atoms with E-state index in [9.17, 15) is 18.8 Å². The van der Waals surface area contributed by atoms with E-state index in [-0.39, 0.29) is 23.2 Å². The number of ketones is 1. The summed E-state index contributed by atoms with van der Waals surface area (Å²) in [5.41, 5.74) is 0.683. The van der Waals surface area contributed by atoms with Crippen LogP contribution in [0.5, 0.6) is 0 Å². The maximum atomic E-state index is 13.0. The highest BCUT2D eigenvalue weighted by atomic mass is 32.2. The molecule has 0 saturated carbocycles. The van der Waals surface area contributed by atoms with Gasteiger partial charge in [0.25, 0.3) is 0 Å². The minimum Gasteiger partial charge on any atom is -0.481 e. The minimum atomic E-state index is -0.991. The summed E-state index contributed by atoms with van der Waals surface area (Å²) in [6, 6.07) is 6.93. The van der Waals surface area contributed by atoms with Crippen molar-refractivity contribution >= 4 is 45.8 Å². The van der Waals surface area contributed by atoms with Crippen molar-refractivity contribution in [3.8, 4) is 0 Å². The molecule has 8 heteroatoms. The van der Waals surface area contributed by atoms with Gasteiger partial charge < -0.3 is 10.4 Å². The largest absolute Gasteiger partial charge is 0.481 e. The zero-order valence-electron chi connectivity index (χ0n) is 13.4. The molecular formula is C17H16FNO4S2. The topological polar surface area (TPSA) is 83.5 Å². The normalized spacial score (nSPS) is 10.5. The number of hydrogen-bond donors (Lipinski definition) is 2. The molecule has 5 nitrogen and oxygen atoms in total. The van der Waals surface area contributed by atoms with Crippen LogP contribution in [-0.2, 0) is 16.0 Å². The number of anilines is 1. The van der Waals surface area contributed by atoms with Crippen molar-refractivity contribution < 1.29 is 23.9 Å². The zero-order chi connectivity index (χ0) is 18.4. The third-order valence-corrected chi connectivity index (χ3v) is 5.31. The number of thioether (sulfide) groups is 1. The number of halogens is 1. The number of carbonyl (C=O) groups excluding carboxylic acids is 2. The maximum absolute atomic E-state index is 13.0. The lowest BCUT2D eigenvalue weighted by atomic mass is 10.0. The van der Waals surface area contributed by atoms with Crippen LogP contribution in [0.3, 0.4) is 0 Å².